The molecule has 0 radical (unpaired) electrons. The van der Waals surface area contributed by atoms with Crippen LogP contribution in [0, 0.1) is 11.6 Å². The third-order valence-electron chi connectivity index (χ3n) is 5.18. The van der Waals surface area contributed by atoms with E-state index in [9.17, 15) is 22.0 Å². The summed E-state index contributed by atoms with van der Waals surface area (Å²) in [5.41, 5.74) is 0.368. The van der Waals surface area contributed by atoms with Gasteiger partial charge in [-0.25, -0.2) is 17.2 Å². The summed E-state index contributed by atoms with van der Waals surface area (Å²) >= 11 is 0. The molecule has 1 aliphatic carbocycles. The minimum Gasteiger partial charge on any atom is -0.348 e. The lowest BCUT2D eigenvalue weighted by Crippen LogP contribution is -2.51. The van der Waals surface area contributed by atoms with E-state index in [1.165, 1.54) is 18.2 Å². The predicted octanol–water partition coefficient (Wildman–Crippen LogP) is 3.93. The van der Waals surface area contributed by atoms with Crippen LogP contribution in [0.1, 0.15) is 44.2 Å². The minimum absolute atomic E-state index is 0.113. The van der Waals surface area contributed by atoms with Crippen molar-refractivity contribution in [3.05, 3.63) is 65.7 Å². The maximum absolute atomic E-state index is 13.5. The van der Waals surface area contributed by atoms with E-state index in [1.54, 1.807) is 25.1 Å². The molecule has 1 saturated carbocycles. The van der Waals surface area contributed by atoms with Gasteiger partial charge in [-0.05, 0) is 49.6 Å². The lowest BCUT2D eigenvalue weighted by molar-refractivity contribution is -0.124. The van der Waals surface area contributed by atoms with Gasteiger partial charge in [0.15, 0.2) is 26.2 Å². The van der Waals surface area contributed by atoms with E-state index in [0.29, 0.717) is 18.4 Å². The van der Waals surface area contributed by atoms with Crippen LogP contribution in [0.4, 0.5) is 8.78 Å². The van der Waals surface area contributed by atoms with Crippen molar-refractivity contribution in [2.45, 2.75) is 48.3 Å². The standard InChI is InChI=1S/C20H21F2NO3S/c1-14(15-9-10-17(21)18(22)13-15)23-19(24)20(11-5-6-12-20)27(25,26)16-7-3-2-4-8-16/h2-4,7-10,13-14H,5-6,11-12H2,1H3,(H,23,24). The van der Waals surface area contributed by atoms with Crippen LogP contribution in [0.25, 0.3) is 0 Å². The molecule has 1 unspecified atom stereocenters. The highest BCUT2D eigenvalue weighted by Crippen LogP contribution is 2.41. The van der Waals surface area contributed by atoms with Crippen molar-refractivity contribution >= 4 is 15.7 Å². The molecule has 1 atom stereocenters. The maximum atomic E-state index is 13.5. The molecule has 0 aromatic heterocycles. The number of carbonyl (C=O) groups is 1. The van der Waals surface area contributed by atoms with E-state index >= 15 is 0 Å². The molecule has 1 fully saturated rings. The smallest absolute Gasteiger partial charge is 0.242 e. The molecule has 1 aliphatic rings. The summed E-state index contributed by atoms with van der Waals surface area (Å²) < 4.78 is 51.6. The SMILES string of the molecule is CC(NC(=O)C1(S(=O)(=O)c2ccccc2)CCCC1)c1ccc(F)c(F)c1. The monoisotopic (exact) mass is 393 g/mol. The third-order valence-corrected chi connectivity index (χ3v) is 7.70. The van der Waals surface area contributed by atoms with E-state index in [-0.39, 0.29) is 17.7 Å². The Morgan fingerprint density at radius 3 is 2.26 bits per heavy atom. The molecule has 3 rings (SSSR count). The zero-order valence-electron chi connectivity index (χ0n) is 14.9. The summed E-state index contributed by atoms with van der Waals surface area (Å²) in [5, 5.41) is 2.69. The van der Waals surface area contributed by atoms with Crippen molar-refractivity contribution < 1.29 is 22.0 Å². The molecule has 0 heterocycles. The Morgan fingerprint density at radius 2 is 1.67 bits per heavy atom. The van der Waals surface area contributed by atoms with Crippen molar-refractivity contribution in [1.29, 1.82) is 0 Å². The number of nitrogens with one attached hydrogen (secondary N) is 1. The van der Waals surface area contributed by atoms with Crippen LogP contribution < -0.4 is 5.32 Å². The van der Waals surface area contributed by atoms with Gasteiger partial charge < -0.3 is 5.32 Å². The average molecular weight is 393 g/mol. The summed E-state index contributed by atoms with van der Waals surface area (Å²) in [5.74, 6) is -2.58. The summed E-state index contributed by atoms with van der Waals surface area (Å²) in [6.07, 6.45) is 1.75. The quantitative estimate of drug-likeness (QED) is 0.837. The summed E-state index contributed by atoms with van der Waals surface area (Å²) in [7, 11) is -3.89. The zero-order chi connectivity index (χ0) is 19.7. The normalized spacial score (nSPS) is 17.4. The van der Waals surface area contributed by atoms with Crippen LogP contribution in [0.15, 0.2) is 53.4 Å². The number of hydrogen-bond acceptors (Lipinski definition) is 3. The lowest BCUT2D eigenvalue weighted by Gasteiger charge is -2.29. The molecule has 0 spiro atoms. The molecular formula is C20H21F2NO3S. The number of amides is 1. The van der Waals surface area contributed by atoms with Gasteiger partial charge in [0.05, 0.1) is 10.9 Å². The Kier molecular flexibility index (Phi) is 5.33. The van der Waals surface area contributed by atoms with Crippen LogP contribution in [-0.4, -0.2) is 19.1 Å². The lowest BCUT2D eigenvalue weighted by atomic mass is 10.0. The maximum Gasteiger partial charge on any atom is 0.242 e. The second kappa shape index (κ2) is 7.38. The Morgan fingerprint density at radius 1 is 1.04 bits per heavy atom. The highest BCUT2D eigenvalue weighted by atomic mass is 32.2. The van der Waals surface area contributed by atoms with Gasteiger partial charge in [-0.3, -0.25) is 4.79 Å². The van der Waals surface area contributed by atoms with Crippen LogP contribution in [0.5, 0.6) is 0 Å². The molecule has 0 bridgehead atoms. The fraction of sp³-hybridized carbons (Fsp3) is 0.350. The van der Waals surface area contributed by atoms with Crippen LogP contribution in [0.2, 0.25) is 0 Å². The first kappa shape index (κ1) is 19.5. The molecule has 27 heavy (non-hydrogen) atoms. The van der Waals surface area contributed by atoms with Gasteiger partial charge in [0.1, 0.15) is 0 Å². The van der Waals surface area contributed by atoms with Crippen molar-refractivity contribution in [2.75, 3.05) is 0 Å². The molecule has 144 valence electrons. The van der Waals surface area contributed by atoms with Gasteiger partial charge in [0.25, 0.3) is 0 Å². The molecule has 0 aliphatic heterocycles. The number of benzene rings is 2. The van der Waals surface area contributed by atoms with Gasteiger partial charge in [-0.1, -0.05) is 37.1 Å². The fourth-order valence-corrected chi connectivity index (χ4v) is 5.68. The van der Waals surface area contributed by atoms with Gasteiger partial charge in [0.2, 0.25) is 5.91 Å². The largest absolute Gasteiger partial charge is 0.348 e. The number of sulfone groups is 1. The second-order valence-corrected chi connectivity index (χ2v) is 9.15. The number of carbonyl (C=O) groups excluding carboxylic acids is 1. The predicted molar refractivity (Wildman–Crippen MR) is 97.7 cm³/mol. The van der Waals surface area contributed by atoms with Crippen LogP contribution in [0.3, 0.4) is 0 Å². The average Bonchev–Trinajstić information content (AvgIpc) is 3.16. The topological polar surface area (TPSA) is 63.2 Å². The van der Waals surface area contributed by atoms with E-state index in [0.717, 1.165) is 12.1 Å². The zero-order valence-corrected chi connectivity index (χ0v) is 15.7. The molecule has 2 aromatic rings. The first-order valence-electron chi connectivity index (χ1n) is 8.83. The van der Waals surface area contributed by atoms with Crippen molar-refractivity contribution in [2.24, 2.45) is 0 Å². The molecule has 1 amide bonds. The van der Waals surface area contributed by atoms with Gasteiger partial charge >= 0.3 is 0 Å². The summed E-state index contributed by atoms with van der Waals surface area (Å²) in [6.45, 7) is 1.61. The Hall–Kier alpha value is -2.28. The second-order valence-electron chi connectivity index (χ2n) is 6.89. The third kappa shape index (κ3) is 3.48. The van der Waals surface area contributed by atoms with Crippen LogP contribution >= 0.6 is 0 Å². The van der Waals surface area contributed by atoms with Crippen molar-refractivity contribution in [3.63, 3.8) is 0 Å². The summed E-state index contributed by atoms with van der Waals surface area (Å²) in [6, 6.07) is 10.6. The Bertz CT molecular complexity index is 939. The highest BCUT2D eigenvalue weighted by molar-refractivity contribution is 7.93. The fourth-order valence-electron chi connectivity index (χ4n) is 3.58. The Labute approximate surface area is 157 Å². The summed E-state index contributed by atoms with van der Waals surface area (Å²) in [4.78, 5) is 13.2. The molecule has 0 saturated heterocycles. The van der Waals surface area contributed by atoms with Crippen molar-refractivity contribution in [1.82, 2.24) is 5.32 Å². The number of rotatable bonds is 5. The minimum atomic E-state index is -3.89. The van der Waals surface area contributed by atoms with Crippen molar-refractivity contribution in [3.8, 4) is 0 Å². The molecule has 1 N–H and O–H groups in total. The molecular weight excluding hydrogens is 372 g/mol. The van der Waals surface area contributed by atoms with Gasteiger partial charge in [-0.2, -0.15) is 0 Å². The van der Waals surface area contributed by atoms with Gasteiger partial charge in [-0.15, -0.1) is 0 Å². The first-order chi connectivity index (χ1) is 12.8. The van der Waals surface area contributed by atoms with Crippen LogP contribution in [-0.2, 0) is 14.6 Å². The number of halogens is 2. The van der Waals surface area contributed by atoms with E-state index in [1.807, 2.05) is 0 Å². The van der Waals surface area contributed by atoms with Gasteiger partial charge in [0, 0.05) is 0 Å². The highest BCUT2D eigenvalue weighted by Gasteiger charge is 2.53. The molecule has 4 nitrogen and oxygen atoms in total. The van der Waals surface area contributed by atoms with E-state index in [2.05, 4.69) is 5.32 Å². The van der Waals surface area contributed by atoms with E-state index in [4.69, 9.17) is 0 Å². The molecule has 2 aromatic carbocycles. The Balaban J connectivity index is 1.91. The molecule has 7 heteroatoms. The first-order valence-corrected chi connectivity index (χ1v) is 10.3. The number of hydrogen-bond donors (Lipinski definition) is 1. The van der Waals surface area contributed by atoms with E-state index < -0.39 is 38.2 Å².